The fraction of sp³-hybridized carbons (Fsp3) is 0.429. The second-order valence-corrected chi connectivity index (χ2v) is 4.78. The number of halogens is 1. The van der Waals surface area contributed by atoms with E-state index in [0.29, 0.717) is 18.8 Å². The van der Waals surface area contributed by atoms with Gasteiger partial charge in [-0.3, -0.25) is 4.79 Å². The van der Waals surface area contributed by atoms with Crippen LogP contribution in [0.1, 0.15) is 37.2 Å². The highest BCUT2D eigenvalue weighted by molar-refractivity contribution is 5.76. The zero-order valence-corrected chi connectivity index (χ0v) is 12.1. The Morgan fingerprint density at radius 2 is 2.10 bits per heavy atom. The Balaban J connectivity index is 1.90. The molecule has 0 fully saturated rings. The van der Waals surface area contributed by atoms with Gasteiger partial charge in [0.05, 0.1) is 12.6 Å². The lowest BCUT2D eigenvalue weighted by Gasteiger charge is -2.17. The van der Waals surface area contributed by atoms with Crippen molar-refractivity contribution in [3.8, 4) is 0 Å². The quantitative estimate of drug-likeness (QED) is 0.880. The van der Waals surface area contributed by atoms with E-state index in [9.17, 15) is 9.18 Å². The average Bonchev–Trinajstić information content (AvgIpc) is 2.89. The highest BCUT2D eigenvalue weighted by Crippen LogP contribution is 2.17. The Morgan fingerprint density at radius 1 is 1.38 bits per heavy atom. The van der Waals surface area contributed by atoms with Gasteiger partial charge in [-0.15, -0.1) is 5.10 Å². The minimum absolute atomic E-state index is 0.0823. The molecule has 21 heavy (non-hydrogen) atoms. The maximum absolute atomic E-state index is 12.9. The number of nitrogens with zero attached hydrogens (tertiary/aromatic N) is 4. The third-order valence-electron chi connectivity index (χ3n) is 3.28. The van der Waals surface area contributed by atoms with Crippen LogP contribution in [0.5, 0.6) is 0 Å². The fourth-order valence-corrected chi connectivity index (χ4v) is 2.05. The standard InChI is InChI=1S/C14H18FN5O/c1-3-13(11-4-6-12(15)7-5-11)16-14(21)8-9-20-10(2)17-18-19-20/h4-7,13H,3,8-9H2,1-2H3,(H,16,21)/t13-/m0/s1. The minimum Gasteiger partial charge on any atom is -0.349 e. The third kappa shape index (κ3) is 4.08. The SMILES string of the molecule is CC[C@H](NC(=O)CCn1nnnc1C)c1ccc(F)cc1. The molecule has 6 nitrogen and oxygen atoms in total. The molecular formula is C14H18FN5O. The lowest BCUT2D eigenvalue weighted by Crippen LogP contribution is -2.29. The first-order valence-corrected chi connectivity index (χ1v) is 6.87. The summed E-state index contributed by atoms with van der Waals surface area (Å²) in [5.74, 6) is 0.309. The van der Waals surface area contributed by atoms with Gasteiger partial charge in [0.15, 0.2) is 0 Å². The van der Waals surface area contributed by atoms with Gasteiger partial charge in [0.1, 0.15) is 11.6 Å². The molecule has 0 spiro atoms. The molecule has 0 saturated carbocycles. The van der Waals surface area contributed by atoms with Crippen LogP contribution in [0.15, 0.2) is 24.3 Å². The monoisotopic (exact) mass is 291 g/mol. The molecule has 0 aliphatic carbocycles. The molecule has 1 N–H and O–H groups in total. The van der Waals surface area contributed by atoms with Crippen LogP contribution in [0.4, 0.5) is 4.39 Å². The number of rotatable bonds is 6. The second kappa shape index (κ2) is 6.92. The predicted octanol–water partition coefficient (Wildman–Crippen LogP) is 1.78. The largest absolute Gasteiger partial charge is 0.349 e. The van der Waals surface area contributed by atoms with Crippen LogP contribution >= 0.6 is 0 Å². The van der Waals surface area contributed by atoms with E-state index in [1.807, 2.05) is 6.92 Å². The molecule has 7 heteroatoms. The van der Waals surface area contributed by atoms with E-state index in [-0.39, 0.29) is 17.8 Å². The van der Waals surface area contributed by atoms with Crippen molar-refractivity contribution in [2.24, 2.45) is 0 Å². The minimum atomic E-state index is -0.283. The van der Waals surface area contributed by atoms with Gasteiger partial charge in [-0.2, -0.15) is 0 Å². The molecule has 112 valence electrons. The van der Waals surface area contributed by atoms with E-state index in [4.69, 9.17) is 0 Å². The molecule has 0 bridgehead atoms. The topological polar surface area (TPSA) is 72.7 Å². The summed E-state index contributed by atoms with van der Waals surface area (Å²) in [7, 11) is 0. The van der Waals surface area contributed by atoms with Crippen LogP contribution in [0, 0.1) is 12.7 Å². The molecule has 1 amide bonds. The number of nitrogens with one attached hydrogen (secondary N) is 1. The lowest BCUT2D eigenvalue weighted by atomic mass is 10.0. The van der Waals surface area contributed by atoms with E-state index < -0.39 is 0 Å². The number of carbonyl (C=O) groups excluding carboxylic acids is 1. The summed E-state index contributed by atoms with van der Waals surface area (Å²) in [6.07, 6.45) is 1.03. The molecule has 0 aliphatic rings. The first-order valence-electron chi connectivity index (χ1n) is 6.87. The summed E-state index contributed by atoms with van der Waals surface area (Å²) in [6, 6.07) is 6.06. The Kier molecular flexibility index (Phi) is 4.97. The Labute approximate surface area is 122 Å². The van der Waals surface area contributed by atoms with Crippen molar-refractivity contribution >= 4 is 5.91 Å². The number of aryl methyl sites for hydroxylation is 2. The molecule has 1 aromatic heterocycles. The molecule has 1 heterocycles. The maximum atomic E-state index is 12.9. The van der Waals surface area contributed by atoms with Crippen molar-refractivity contribution in [2.45, 2.75) is 39.3 Å². The van der Waals surface area contributed by atoms with Crippen molar-refractivity contribution in [3.05, 3.63) is 41.5 Å². The third-order valence-corrected chi connectivity index (χ3v) is 3.28. The first kappa shape index (κ1) is 15.1. The molecule has 1 atom stereocenters. The van der Waals surface area contributed by atoms with Gasteiger partial charge < -0.3 is 5.32 Å². The van der Waals surface area contributed by atoms with Crippen LogP contribution in [-0.4, -0.2) is 26.1 Å². The highest BCUT2D eigenvalue weighted by atomic mass is 19.1. The summed E-state index contributed by atoms with van der Waals surface area (Å²) in [6.45, 7) is 4.19. The van der Waals surface area contributed by atoms with E-state index in [1.54, 1.807) is 23.7 Å². The van der Waals surface area contributed by atoms with Crippen molar-refractivity contribution in [3.63, 3.8) is 0 Å². The van der Waals surface area contributed by atoms with Gasteiger partial charge in [0, 0.05) is 6.42 Å². The lowest BCUT2D eigenvalue weighted by molar-refractivity contribution is -0.122. The smallest absolute Gasteiger partial charge is 0.222 e. The van der Waals surface area contributed by atoms with Gasteiger partial charge >= 0.3 is 0 Å². The van der Waals surface area contributed by atoms with Crippen molar-refractivity contribution < 1.29 is 9.18 Å². The molecule has 0 aliphatic heterocycles. The Morgan fingerprint density at radius 3 is 2.67 bits per heavy atom. The van der Waals surface area contributed by atoms with Gasteiger partial charge in [0.2, 0.25) is 5.91 Å². The predicted molar refractivity (Wildman–Crippen MR) is 74.7 cm³/mol. The number of hydrogen-bond donors (Lipinski definition) is 1. The van der Waals surface area contributed by atoms with Gasteiger partial charge in [-0.1, -0.05) is 19.1 Å². The van der Waals surface area contributed by atoms with E-state index in [2.05, 4.69) is 20.8 Å². The summed E-state index contributed by atoms with van der Waals surface area (Å²) in [5.41, 5.74) is 0.894. The molecule has 0 unspecified atom stereocenters. The number of carbonyl (C=O) groups is 1. The normalized spacial score (nSPS) is 12.1. The molecule has 2 rings (SSSR count). The molecular weight excluding hydrogens is 273 g/mol. The summed E-state index contributed by atoms with van der Waals surface area (Å²) >= 11 is 0. The van der Waals surface area contributed by atoms with Crippen molar-refractivity contribution in [1.82, 2.24) is 25.5 Å². The molecule has 0 saturated heterocycles. The summed E-state index contributed by atoms with van der Waals surface area (Å²) < 4.78 is 14.5. The zero-order valence-electron chi connectivity index (χ0n) is 12.1. The summed E-state index contributed by atoms with van der Waals surface area (Å²) in [4.78, 5) is 12.0. The van der Waals surface area contributed by atoms with Crippen LogP contribution in [0.25, 0.3) is 0 Å². The molecule has 1 aromatic carbocycles. The maximum Gasteiger partial charge on any atom is 0.222 e. The van der Waals surface area contributed by atoms with Crippen LogP contribution in [0.2, 0.25) is 0 Å². The van der Waals surface area contributed by atoms with Crippen LogP contribution < -0.4 is 5.32 Å². The Bertz CT molecular complexity index is 596. The highest BCUT2D eigenvalue weighted by Gasteiger charge is 2.13. The number of tetrazole rings is 1. The number of hydrogen-bond acceptors (Lipinski definition) is 4. The van der Waals surface area contributed by atoms with Crippen molar-refractivity contribution in [1.29, 1.82) is 0 Å². The number of benzene rings is 1. The Hall–Kier alpha value is -2.31. The molecule has 2 aromatic rings. The average molecular weight is 291 g/mol. The number of aromatic nitrogens is 4. The molecule has 0 radical (unpaired) electrons. The van der Waals surface area contributed by atoms with E-state index in [0.717, 1.165) is 12.0 Å². The van der Waals surface area contributed by atoms with Crippen LogP contribution in [-0.2, 0) is 11.3 Å². The second-order valence-electron chi connectivity index (χ2n) is 4.78. The van der Waals surface area contributed by atoms with Gasteiger partial charge in [-0.05, 0) is 41.5 Å². The van der Waals surface area contributed by atoms with Gasteiger partial charge in [-0.25, -0.2) is 9.07 Å². The van der Waals surface area contributed by atoms with Crippen molar-refractivity contribution in [2.75, 3.05) is 0 Å². The van der Waals surface area contributed by atoms with Gasteiger partial charge in [0.25, 0.3) is 0 Å². The van der Waals surface area contributed by atoms with E-state index >= 15 is 0 Å². The summed E-state index contributed by atoms with van der Waals surface area (Å²) in [5, 5.41) is 14.0. The number of amides is 1. The van der Waals surface area contributed by atoms with E-state index in [1.165, 1.54) is 12.1 Å². The zero-order chi connectivity index (χ0) is 15.2. The fourth-order valence-electron chi connectivity index (χ4n) is 2.05. The first-order chi connectivity index (χ1) is 10.1. The van der Waals surface area contributed by atoms with Crippen LogP contribution in [0.3, 0.4) is 0 Å².